The Hall–Kier alpha value is -1.32. The van der Waals surface area contributed by atoms with Crippen LogP contribution in [-0.2, 0) is 14.3 Å². The molecule has 26 heavy (non-hydrogen) atoms. The summed E-state index contributed by atoms with van der Waals surface area (Å²) in [5, 5.41) is 10.0. The number of fused-ring (bicyclic) bond motifs is 3. The van der Waals surface area contributed by atoms with Crippen LogP contribution in [0.25, 0.3) is 0 Å². The number of carboxylic acid groups (broad SMARTS) is 1. The number of ether oxygens (including phenoxy) is 1. The van der Waals surface area contributed by atoms with Crippen molar-refractivity contribution in [3.63, 3.8) is 0 Å². The second kappa shape index (κ2) is 5.59. The zero-order chi connectivity index (χ0) is 18.9. The average Bonchev–Trinajstić information content (AvgIpc) is 2.82. The standard InChI is InChI=1S/C22H32O4/c1-13-11-22-9-6-16-20(2,7-5-8-21(16,3)19(24)25)17(22)15(18(23)26-4)10-14(13)12-22/h14-17H,1,5-12H2,2-4H3,(H,24,25)/t14-,15+,16+,17+,20-,21-,22-/m1/s1. The van der Waals surface area contributed by atoms with Gasteiger partial charge in [-0.3, -0.25) is 9.59 Å². The molecule has 1 N–H and O–H groups in total. The van der Waals surface area contributed by atoms with Gasteiger partial charge >= 0.3 is 11.9 Å². The van der Waals surface area contributed by atoms with Crippen molar-refractivity contribution in [3.05, 3.63) is 12.2 Å². The fourth-order valence-corrected chi connectivity index (χ4v) is 8.17. The number of carbonyl (C=O) groups is 2. The molecule has 1 spiro atoms. The monoisotopic (exact) mass is 360 g/mol. The van der Waals surface area contributed by atoms with Crippen molar-refractivity contribution in [3.8, 4) is 0 Å². The highest BCUT2D eigenvalue weighted by Crippen LogP contribution is 2.73. The van der Waals surface area contributed by atoms with E-state index in [2.05, 4.69) is 13.5 Å². The van der Waals surface area contributed by atoms with Crippen molar-refractivity contribution in [2.45, 2.75) is 65.2 Å². The number of esters is 1. The second-order valence-electron chi connectivity index (χ2n) is 10.1. The van der Waals surface area contributed by atoms with E-state index >= 15 is 0 Å². The molecular weight excluding hydrogens is 328 g/mol. The lowest BCUT2D eigenvalue weighted by Crippen LogP contribution is -2.61. The fourth-order valence-electron chi connectivity index (χ4n) is 8.17. The molecule has 4 aliphatic carbocycles. The first kappa shape index (κ1) is 18.1. The summed E-state index contributed by atoms with van der Waals surface area (Å²) < 4.78 is 5.23. The van der Waals surface area contributed by atoms with Gasteiger partial charge in [0.05, 0.1) is 18.4 Å². The van der Waals surface area contributed by atoms with Crippen LogP contribution in [-0.4, -0.2) is 24.2 Å². The van der Waals surface area contributed by atoms with Crippen molar-refractivity contribution in [2.24, 2.45) is 39.9 Å². The molecular formula is C22H32O4. The van der Waals surface area contributed by atoms with Crippen molar-refractivity contribution in [2.75, 3.05) is 7.11 Å². The largest absolute Gasteiger partial charge is 0.481 e. The molecule has 4 heteroatoms. The Morgan fingerprint density at radius 3 is 2.62 bits per heavy atom. The highest BCUT2D eigenvalue weighted by molar-refractivity contribution is 5.76. The summed E-state index contributed by atoms with van der Waals surface area (Å²) in [5.41, 5.74) is 0.640. The molecule has 2 bridgehead atoms. The molecule has 0 aromatic heterocycles. The summed E-state index contributed by atoms with van der Waals surface area (Å²) in [6, 6.07) is 0. The Morgan fingerprint density at radius 2 is 1.96 bits per heavy atom. The topological polar surface area (TPSA) is 63.6 Å². The molecule has 0 aromatic rings. The minimum Gasteiger partial charge on any atom is -0.481 e. The van der Waals surface area contributed by atoms with E-state index in [4.69, 9.17) is 4.74 Å². The van der Waals surface area contributed by atoms with E-state index in [9.17, 15) is 14.7 Å². The zero-order valence-corrected chi connectivity index (χ0v) is 16.3. The minimum atomic E-state index is -0.679. The van der Waals surface area contributed by atoms with Gasteiger partial charge in [0.25, 0.3) is 0 Å². The Bertz CT molecular complexity index is 669. The number of carboxylic acids is 1. The fraction of sp³-hybridized carbons (Fsp3) is 0.818. The molecule has 0 aromatic carbocycles. The van der Waals surface area contributed by atoms with E-state index in [1.54, 1.807) is 0 Å². The number of carbonyl (C=O) groups excluding carboxylic acids is 1. The third kappa shape index (κ3) is 2.13. The van der Waals surface area contributed by atoms with Gasteiger partial charge in [-0.15, -0.1) is 0 Å². The number of allylic oxidation sites excluding steroid dienone is 1. The SMILES string of the molecule is C=C1C[C@@]23CC[C@H]4[C@@](C)(CCC[C@@]4(C)C(=O)O)[C@@H]2[C@@H](C(=O)OC)C[C@@H]1C3. The Balaban J connectivity index is 1.83. The third-order valence-corrected chi connectivity index (χ3v) is 9.02. The molecule has 4 saturated carbocycles. The van der Waals surface area contributed by atoms with E-state index in [1.807, 2.05) is 6.92 Å². The van der Waals surface area contributed by atoms with Crippen LogP contribution in [0.4, 0.5) is 0 Å². The van der Waals surface area contributed by atoms with Gasteiger partial charge in [0.2, 0.25) is 0 Å². The third-order valence-electron chi connectivity index (χ3n) is 9.02. The normalized spacial score (nSPS) is 49.9. The molecule has 144 valence electrons. The van der Waals surface area contributed by atoms with Gasteiger partial charge in [-0.25, -0.2) is 0 Å². The summed E-state index contributed by atoms with van der Waals surface area (Å²) in [4.78, 5) is 25.0. The molecule has 0 heterocycles. The van der Waals surface area contributed by atoms with Crippen LogP contribution in [0, 0.1) is 39.9 Å². The molecule has 0 aliphatic heterocycles. The van der Waals surface area contributed by atoms with Crippen LogP contribution in [0.3, 0.4) is 0 Å². The minimum absolute atomic E-state index is 0.0942. The average molecular weight is 360 g/mol. The van der Waals surface area contributed by atoms with Gasteiger partial charge in [-0.05, 0) is 80.5 Å². The maximum absolute atomic E-state index is 12.8. The molecule has 0 radical (unpaired) electrons. The van der Waals surface area contributed by atoms with Crippen LogP contribution < -0.4 is 0 Å². The Labute approximate surface area is 156 Å². The van der Waals surface area contributed by atoms with Gasteiger partial charge in [0.1, 0.15) is 0 Å². The Kier molecular flexibility index (Phi) is 3.88. The summed E-state index contributed by atoms with van der Waals surface area (Å²) in [5.74, 6) is -0.0798. The molecule has 0 saturated heterocycles. The predicted octanol–water partition coefficient (Wildman–Crippen LogP) is 4.44. The first-order valence-corrected chi connectivity index (χ1v) is 10.2. The van der Waals surface area contributed by atoms with Crippen LogP contribution in [0.1, 0.15) is 65.2 Å². The van der Waals surface area contributed by atoms with Crippen LogP contribution in [0.5, 0.6) is 0 Å². The molecule has 4 aliphatic rings. The van der Waals surface area contributed by atoms with Crippen molar-refractivity contribution < 1.29 is 19.4 Å². The van der Waals surface area contributed by atoms with Crippen molar-refractivity contribution >= 4 is 11.9 Å². The van der Waals surface area contributed by atoms with Gasteiger partial charge < -0.3 is 9.84 Å². The van der Waals surface area contributed by atoms with Gasteiger partial charge in [-0.1, -0.05) is 25.5 Å². The van der Waals surface area contributed by atoms with Gasteiger partial charge in [0, 0.05) is 0 Å². The van der Waals surface area contributed by atoms with Crippen LogP contribution in [0.2, 0.25) is 0 Å². The van der Waals surface area contributed by atoms with Crippen molar-refractivity contribution in [1.29, 1.82) is 0 Å². The highest BCUT2D eigenvalue weighted by Gasteiger charge is 2.68. The lowest BCUT2D eigenvalue weighted by molar-refractivity contribution is -0.196. The van der Waals surface area contributed by atoms with E-state index in [0.717, 1.165) is 51.4 Å². The summed E-state index contributed by atoms with van der Waals surface area (Å²) in [6.07, 6.45) is 7.69. The maximum atomic E-state index is 12.8. The van der Waals surface area contributed by atoms with Crippen LogP contribution >= 0.6 is 0 Å². The maximum Gasteiger partial charge on any atom is 0.309 e. The zero-order valence-electron chi connectivity index (χ0n) is 16.3. The molecule has 0 unspecified atom stereocenters. The van der Waals surface area contributed by atoms with Gasteiger partial charge in [-0.2, -0.15) is 0 Å². The Morgan fingerprint density at radius 1 is 1.23 bits per heavy atom. The molecule has 4 nitrogen and oxygen atoms in total. The van der Waals surface area contributed by atoms with Crippen LogP contribution in [0.15, 0.2) is 12.2 Å². The van der Waals surface area contributed by atoms with E-state index in [0.29, 0.717) is 5.92 Å². The lowest BCUT2D eigenvalue weighted by Gasteiger charge is -2.64. The molecule has 0 amide bonds. The molecule has 4 fully saturated rings. The predicted molar refractivity (Wildman–Crippen MR) is 98.3 cm³/mol. The number of rotatable bonds is 2. The van der Waals surface area contributed by atoms with E-state index < -0.39 is 11.4 Å². The quantitative estimate of drug-likeness (QED) is 0.584. The van der Waals surface area contributed by atoms with Crippen molar-refractivity contribution in [1.82, 2.24) is 0 Å². The summed E-state index contributed by atoms with van der Waals surface area (Å²) >= 11 is 0. The first-order valence-electron chi connectivity index (χ1n) is 10.2. The number of aliphatic carboxylic acids is 1. The first-order chi connectivity index (χ1) is 12.2. The molecule has 7 atom stereocenters. The highest BCUT2D eigenvalue weighted by atomic mass is 16.5. The second-order valence-corrected chi connectivity index (χ2v) is 10.1. The van der Waals surface area contributed by atoms with E-state index in [1.165, 1.54) is 12.7 Å². The van der Waals surface area contributed by atoms with E-state index in [-0.39, 0.29) is 34.6 Å². The number of methoxy groups -OCH3 is 1. The molecule has 4 rings (SSSR count). The summed E-state index contributed by atoms with van der Waals surface area (Å²) in [7, 11) is 1.49. The number of hydrogen-bond donors (Lipinski definition) is 1. The number of hydrogen-bond acceptors (Lipinski definition) is 3. The lowest BCUT2D eigenvalue weighted by atomic mass is 9.39. The van der Waals surface area contributed by atoms with Gasteiger partial charge in [0.15, 0.2) is 0 Å². The summed E-state index contributed by atoms with van der Waals surface area (Å²) in [6.45, 7) is 8.58. The smallest absolute Gasteiger partial charge is 0.309 e.